The van der Waals surface area contributed by atoms with Crippen molar-refractivity contribution in [3.05, 3.63) is 24.4 Å². The number of likely N-dealkylation sites (N-methyl/N-ethyl adjacent to an activating group) is 1. The first kappa shape index (κ1) is 27.9. The molecule has 0 aliphatic carbocycles. The van der Waals surface area contributed by atoms with Crippen molar-refractivity contribution >= 4 is 56.7 Å². The van der Waals surface area contributed by atoms with Gasteiger partial charge in [0, 0.05) is 50.4 Å². The van der Waals surface area contributed by atoms with Gasteiger partial charge in [0.25, 0.3) is 0 Å². The van der Waals surface area contributed by atoms with Gasteiger partial charge in [-0.3, -0.25) is 4.79 Å². The Bertz CT molecular complexity index is 1400. The Hall–Kier alpha value is -4.14. The van der Waals surface area contributed by atoms with Crippen LogP contribution in [0.15, 0.2) is 29.3 Å². The molecule has 39 heavy (non-hydrogen) atoms. The number of sulfone groups is 1. The zero-order chi connectivity index (χ0) is 28.5. The van der Waals surface area contributed by atoms with Crippen LogP contribution in [0.3, 0.4) is 0 Å². The number of fused-ring (bicyclic) bond motifs is 1. The Morgan fingerprint density at radius 2 is 1.92 bits per heavy atom. The van der Waals surface area contributed by atoms with Crippen molar-refractivity contribution in [3.8, 4) is 0 Å². The van der Waals surface area contributed by atoms with Crippen LogP contribution in [-0.4, -0.2) is 91.9 Å². The number of likely N-dealkylation sites (tertiary alicyclic amines) is 1. The van der Waals surface area contributed by atoms with Crippen LogP contribution in [0.5, 0.6) is 0 Å². The number of aromatic nitrogens is 2. The van der Waals surface area contributed by atoms with E-state index in [1.807, 2.05) is 18.7 Å². The second-order valence-corrected chi connectivity index (χ2v) is 12.0. The maximum absolute atomic E-state index is 12.5. The number of carbonyl (C=O) groups excluding carboxylic acids is 2. The molecule has 4 N–H and O–H groups in total. The number of urea groups is 1. The number of nitrogens with one attached hydrogen (secondary N) is 3. The monoisotopic (exact) mass is 560 g/mol. The standard InChI is InChI=1S/C24H32N8O6S/c1-14(2)32-13-20(33)30(3)19-11-25-22(29-21(19)32)27-16-7-17(9-18(8-16)39(4,37)38)28-23(34)26-10-15-5-6-31(12-15)24(35)36/h7-9,11,14-15H,5-6,10,12-13H2,1-4H3,(H,35,36)(H,25,27,29)(H2,26,28,34). The molecule has 0 bridgehead atoms. The SMILES string of the molecule is CC(C)N1CC(=O)N(C)c2cnc(Nc3cc(NC(=O)NCC4CCN(C(=O)O)C4)cc(S(C)(=O)=O)c3)nc21. The van der Waals surface area contributed by atoms with Crippen LogP contribution in [0.4, 0.5) is 38.4 Å². The van der Waals surface area contributed by atoms with Gasteiger partial charge < -0.3 is 35.8 Å². The summed E-state index contributed by atoms with van der Waals surface area (Å²) in [5.74, 6) is 0.664. The highest BCUT2D eigenvalue weighted by atomic mass is 32.2. The van der Waals surface area contributed by atoms with E-state index >= 15 is 0 Å². The lowest BCUT2D eigenvalue weighted by atomic mass is 10.1. The van der Waals surface area contributed by atoms with E-state index in [1.165, 1.54) is 28.1 Å². The molecule has 2 aliphatic heterocycles. The summed E-state index contributed by atoms with van der Waals surface area (Å²) < 4.78 is 24.7. The minimum absolute atomic E-state index is 0.00320. The number of amides is 4. The number of hydrogen-bond acceptors (Lipinski definition) is 9. The summed E-state index contributed by atoms with van der Waals surface area (Å²) >= 11 is 0. The number of nitrogens with zero attached hydrogens (tertiary/aromatic N) is 5. The van der Waals surface area contributed by atoms with Crippen molar-refractivity contribution in [1.82, 2.24) is 20.2 Å². The summed E-state index contributed by atoms with van der Waals surface area (Å²) in [6.45, 7) is 5.10. The first-order valence-corrected chi connectivity index (χ1v) is 14.3. The fourth-order valence-electron chi connectivity index (χ4n) is 4.43. The third-order valence-electron chi connectivity index (χ3n) is 6.64. The molecule has 2 aliphatic rings. The van der Waals surface area contributed by atoms with E-state index in [4.69, 9.17) is 5.11 Å². The maximum Gasteiger partial charge on any atom is 0.407 e. The molecule has 1 atom stereocenters. The molecule has 210 valence electrons. The van der Waals surface area contributed by atoms with Crippen LogP contribution in [0, 0.1) is 5.92 Å². The zero-order valence-electron chi connectivity index (χ0n) is 22.1. The van der Waals surface area contributed by atoms with Crippen molar-refractivity contribution in [2.45, 2.75) is 31.2 Å². The predicted octanol–water partition coefficient (Wildman–Crippen LogP) is 1.94. The predicted molar refractivity (Wildman–Crippen MR) is 145 cm³/mol. The fraction of sp³-hybridized carbons (Fsp3) is 0.458. The Balaban J connectivity index is 1.52. The summed E-state index contributed by atoms with van der Waals surface area (Å²) in [6, 6.07) is 3.76. The molecular formula is C24H32N8O6S. The van der Waals surface area contributed by atoms with Gasteiger partial charge in [0.1, 0.15) is 5.69 Å². The first-order valence-electron chi connectivity index (χ1n) is 12.4. The molecule has 15 heteroatoms. The number of hydrogen-bond donors (Lipinski definition) is 4. The van der Waals surface area contributed by atoms with Gasteiger partial charge in [-0.25, -0.2) is 23.0 Å². The molecule has 1 aromatic heterocycles. The highest BCUT2D eigenvalue weighted by molar-refractivity contribution is 7.90. The topological polar surface area (TPSA) is 177 Å². The molecule has 1 unspecified atom stereocenters. The van der Waals surface area contributed by atoms with E-state index in [-0.39, 0.29) is 47.5 Å². The van der Waals surface area contributed by atoms with Gasteiger partial charge in [-0.2, -0.15) is 4.98 Å². The number of carboxylic acid groups (broad SMARTS) is 1. The van der Waals surface area contributed by atoms with Gasteiger partial charge in [-0.15, -0.1) is 0 Å². The van der Waals surface area contributed by atoms with E-state index in [2.05, 4.69) is 25.9 Å². The number of benzene rings is 1. The van der Waals surface area contributed by atoms with Crippen LogP contribution in [0.2, 0.25) is 0 Å². The lowest BCUT2D eigenvalue weighted by Crippen LogP contribution is -2.47. The Morgan fingerprint density at radius 3 is 2.56 bits per heavy atom. The minimum Gasteiger partial charge on any atom is -0.465 e. The average Bonchev–Trinajstić information content (AvgIpc) is 3.34. The molecule has 2 aromatic rings. The van der Waals surface area contributed by atoms with Gasteiger partial charge >= 0.3 is 12.1 Å². The van der Waals surface area contributed by atoms with E-state index in [0.29, 0.717) is 36.7 Å². The number of rotatable bonds is 7. The van der Waals surface area contributed by atoms with Crippen molar-refractivity contribution in [2.24, 2.45) is 5.92 Å². The van der Waals surface area contributed by atoms with Gasteiger partial charge in [0.2, 0.25) is 11.9 Å². The lowest BCUT2D eigenvalue weighted by Gasteiger charge is -2.36. The van der Waals surface area contributed by atoms with E-state index in [1.54, 1.807) is 13.1 Å². The van der Waals surface area contributed by atoms with Crippen molar-refractivity contribution in [2.75, 3.05) is 59.9 Å². The van der Waals surface area contributed by atoms with Crippen LogP contribution in [0.1, 0.15) is 20.3 Å². The van der Waals surface area contributed by atoms with Gasteiger partial charge in [-0.1, -0.05) is 0 Å². The quantitative estimate of drug-likeness (QED) is 0.391. The van der Waals surface area contributed by atoms with Gasteiger partial charge in [0.15, 0.2) is 15.7 Å². The van der Waals surface area contributed by atoms with Crippen molar-refractivity contribution in [1.29, 1.82) is 0 Å². The smallest absolute Gasteiger partial charge is 0.407 e. The summed E-state index contributed by atoms with van der Waals surface area (Å²) in [5.41, 5.74) is 1.11. The minimum atomic E-state index is -3.63. The van der Waals surface area contributed by atoms with Crippen LogP contribution < -0.4 is 25.8 Å². The molecular weight excluding hydrogens is 528 g/mol. The molecule has 3 heterocycles. The molecule has 4 rings (SSSR count). The lowest BCUT2D eigenvalue weighted by molar-refractivity contribution is -0.117. The second kappa shape index (κ2) is 10.9. The molecule has 1 aromatic carbocycles. The summed E-state index contributed by atoms with van der Waals surface area (Å²) in [5, 5.41) is 17.5. The maximum atomic E-state index is 12.5. The molecule has 0 spiro atoms. The average molecular weight is 561 g/mol. The Labute approximate surface area is 226 Å². The third-order valence-corrected chi connectivity index (χ3v) is 7.73. The number of carbonyl (C=O) groups is 3. The summed E-state index contributed by atoms with van der Waals surface area (Å²) in [4.78, 5) is 49.5. The van der Waals surface area contributed by atoms with Gasteiger partial charge in [-0.05, 0) is 44.4 Å². The van der Waals surface area contributed by atoms with Gasteiger partial charge in [0.05, 0.1) is 17.6 Å². The zero-order valence-corrected chi connectivity index (χ0v) is 22.9. The largest absolute Gasteiger partial charge is 0.465 e. The first-order chi connectivity index (χ1) is 18.3. The molecule has 4 amide bonds. The normalized spacial score (nSPS) is 17.3. The van der Waals surface area contributed by atoms with E-state index in [0.717, 1.165) is 6.26 Å². The number of anilines is 5. The summed E-state index contributed by atoms with van der Waals surface area (Å²) in [7, 11) is -1.97. The Kier molecular flexibility index (Phi) is 7.81. The van der Waals surface area contributed by atoms with Crippen LogP contribution in [-0.2, 0) is 14.6 Å². The van der Waals surface area contributed by atoms with E-state index in [9.17, 15) is 22.8 Å². The molecule has 14 nitrogen and oxygen atoms in total. The van der Waals surface area contributed by atoms with Crippen molar-refractivity contribution in [3.63, 3.8) is 0 Å². The third kappa shape index (κ3) is 6.47. The summed E-state index contributed by atoms with van der Waals surface area (Å²) in [6.07, 6.45) is 2.24. The highest BCUT2D eigenvalue weighted by Crippen LogP contribution is 2.33. The Morgan fingerprint density at radius 1 is 1.21 bits per heavy atom. The van der Waals surface area contributed by atoms with Crippen LogP contribution >= 0.6 is 0 Å². The molecule has 1 fully saturated rings. The molecule has 0 radical (unpaired) electrons. The van der Waals surface area contributed by atoms with E-state index < -0.39 is 22.0 Å². The molecule has 0 saturated carbocycles. The fourth-order valence-corrected chi connectivity index (χ4v) is 5.12. The second-order valence-electron chi connectivity index (χ2n) is 9.94. The van der Waals surface area contributed by atoms with Crippen LogP contribution in [0.25, 0.3) is 0 Å². The molecule has 1 saturated heterocycles. The van der Waals surface area contributed by atoms with Crippen molar-refractivity contribution < 1.29 is 27.9 Å². The highest BCUT2D eigenvalue weighted by Gasteiger charge is 2.30.